The van der Waals surface area contributed by atoms with Crippen LogP contribution in [0.3, 0.4) is 0 Å². The molecule has 2 rings (SSSR count). The molecule has 0 fully saturated rings. The third kappa shape index (κ3) is 2.04. The van der Waals surface area contributed by atoms with Gasteiger partial charge in [-0.05, 0) is 12.1 Å². The number of alkyl halides is 3. The van der Waals surface area contributed by atoms with E-state index >= 15 is 0 Å². The van der Waals surface area contributed by atoms with Crippen LogP contribution in [0.4, 0.5) is 13.2 Å². The molecule has 0 bridgehead atoms. The fourth-order valence-electron chi connectivity index (χ4n) is 1.19. The molecule has 0 aliphatic rings. The third-order valence-corrected chi connectivity index (χ3v) is 2.13. The zero-order valence-electron chi connectivity index (χ0n) is 7.79. The van der Waals surface area contributed by atoms with E-state index in [2.05, 4.69) is 5.10 Å². The van der Waals surface area contributed by atoms with Gasteiger partial charge in [0.25, 0.3) is 0 Å². The molecule has 1 heterocycles. The van der Waals surface area contributed by atoms with Gasteiger partial charge >= 0.3 is 6.18 Å². The summed E-state index contributed by atoms with van der Waals surface area (Å²) in [5.41, 5.74) is -0.666. The lowest BCUT2D eigenvalue weighted by molar-refractivity contribution is -0.141. The molecule has 0 spiro atoms. The van der Waals surface area contributed by atoms with Gasteiger partial charge in [-0.3, -0.25) is 0 Å². The number of aromatic nitrogens is 2. The molecular weight excluding hydrogens is 241 g/mol. The summed E-state index contributed by atoms with van der Waals surface area (Å²) in [6.07, 6.45) is -4.54. The van der Waals surface area contributed by atoms with Gasteiger partial charge in [0.1, 0.15) is 5.15 Å². The van der Waals surface area contributed by atoms with Gasteiger partial charge < -0.3 is 0 Å². The summed E-state index contributed by atoms with van der Waals surface area (Å²) in [6.45, 7) is 0. The van der Waals surface area contributed by atoms with E-state index in [1.54, 1.807) is 30.3 Å². The van der Waals surface area contributed by atoms with Gasteiger partial charge in [0.05, 0.1) is 11.8 Å². The van der Waals surface area contributed by atoms with Crippen molar-refractivity contribution in [3.05, 3.63) is 47.2 Å². The Bertz CT molecular complexity index is 491. The summed E-state index contributed by atoms with van der Waals surface area (Å²) < 4.78 is 38.0. The van der Waals surface area contributed by atoms with E-state index in [1.165, 1.54) is 0 Å². The Morgan fingerprint density at radius 3 is 2.31 bits per heavy atom. The predicted molar refractivity (Wildman–Crippen MR) is 52.4 cm³/mol. The summed E-state index contributed by atoms with van der Waals surface area (Å²) in [5.74, 6) is 0. The Kier molecular flexibility index (Phi) is 2.63. The van der Waals surface area contributed by atoms with Crippen molar-refractivity contribution in [3.63, 3.8) is 0 Å². The second kappa shape index (κ2) is 3.83. The van der Waals surface area contributed by atoms with E-state index in [4.69, 9.17) is 11.6 Å². The third-order valence-electron chi connectivity index (χ3n) is 1.88. The van der Waals surface area contributed by atoms with Gasteiger partial charge in [-0.15, -0.1) is 0 Å². The SMILES string of the molecule is FC(F)(F)c1[c]c(Cl)n(-c2ccccc2)n1. The molecule has 0 aliphatic heterocycles. The molecule has 0 amide bonds. The van der Waals surface area contributed by atoms with Crippen molar-refractivity contribution in [2.75, 3.05) is 0 Å². The maximum Gasteiger partial charge on any atom is 0.435 e. The van der Waals surface area contributed by atoms with Crippen LogP contribution in [0, 0.1) is 6.07 Å². The van der Waals surface area contributed by atoms with Crippen LogP contribution >= 0.6 is 11.6 Å². The lowest BCUT2D eigenvalue weighted by Gasteiger charge is -2.02. The standard InChI is InChI=1S/C10H5ClF3N2/c11-9-6-8(10(12,13)14)15-16(9)7-4-2-1-3-5-7/h1-5H. The Labute approximate surface area is 94.3 Å². The molecule has 2 nitrogen and oxygen atoms in total. The number of benzene rings is 1. The maximum atomic E-state index is 12.3. The highest BCUT2D eigenvalue weighted by Gasteiger charge is 2.35. The van der Waals surface area contributed by atoms with Crippen LogP contribution in [0.1, 0.15) is 5.69 Å². The van der Waals surface area contributed by atoms with E-state index in [1.807, 2.05) is 6.07 Å². The van der Waals surface area contributed by atoms with Gasteiger partial charge in [-0.1, -0.05) is 29.8 Å². The molecule has 0 saturated carbocycles. The van der Waals surface area contributed by atoms with Crippen LogP contribution in [0.15, 0.2) is 30.3 Å². The van der Waals surface area contributed by atoms with Crippen LogP contribution < -0.4 is 0 Å². The average Bonchev–Trinajstić information content (AvgIpc) is 2.61. The second-order valence-corrected chi connectivity index (χ2v) is 3.37. The Morgan fingerprint density at radius 2 is 1.81 bits per heavy atom. The zero-order valence-corrected chi connectivity index (χ0v) is 8.55. The number of rotatable bonds is 1. The molecule has 6 heteroatoms. The topological polar surface area (TPSA) is 17.8 Å². The van der Waals surface area contributed by atoms with Gasteiger partial charge in [0.15, 0.2) is 5.69 Å². The normalized spacial score (nSPS) is 11.8. The minimum absolute atomic E-state index is 0.196. The molecule has 0 N–H and O–H groups in total. The fraction of sp³-hybridized carbons (Fsp3) is 0.100. The first-order chi connectivity index (χ1) is 7.48. The fourth-order valence-corrected chi connectivity index (χ4v) is 1.41. The molecule has 16 heavy (non-hydrogen) atoms. The van der Waals surface area contributed by atoms with E-state index in [-0.39, 0.29) is 5.15 Å². The monoisotopic (exact) mass is 245 g/mol. The first kappa shape index (κ1) is 11.0. The van der Waals surface area contributed by atoms with Crippen molar-refractivity contribution in [2.24, 2.45) is 0 Å². The van der Waals surface area contributed by atoms with Crippen molar-refractivity contribution in [2.45, 2.75) is 6.18 Å². The number of hydrogen-bond donors (Lipinski definition) is 0. The first-order valence-electron chi connectivity index (χ1n) is 4.29. The molecule has 1 radical (unpaired) electrons. The summed E-state index contributed by atoms with van der Waals surface area (Å²) >= 11 is 5.63. The van der Waals surface area contributed by atoms with Gasteiger partial charge in [-0.2, -0.15) is 18.3 Å². The van der Waals surface area contributed by atoms with Gasteiger partial charge in [-0.25, -0.2) is 4.68 Å². The molecule has 0 atom stereocenters. The number of nitrogens with zero attached hydrogens (tertiary/aromatic N) is 2. The largest absolute Gasteiger partial charge is 0.435 e. The van der Waals surface area contributed by atoms with E-state index in [0.717, 1.165) is 4.68 Å². The summed E-state index contributed by atoms with van der Waals surface area (Å²) in [6, 6.07) is 10.3. The molecule has 1 aromatic heterocycles. The summed E-state index contributed by atoms with van der Waals surface area (Å²) in [7, 11) is 0. The Balaban J connectivity index is 2.48. The highest BCUT2D eigenvalue weighted by Crippen LogP contribution is 2.30. The van der Waals surface area contributed by atoms with Crippen LogP contribution in [0.2, 0.25) is 5.15 Å². The highest BCUT2D eigenvalue weighted by atomic mass is 35.5. The van der Waals surface area contributed by atoms with Crippen molar-refractivity contribution >= 4 is 11.6 Å². The summed E-state index contributed by atoms with van der Waals surface area (Å²) in [4.78, 5) is 0. The Hall–Kier alpha value is -1.49. The van der Waals surface area contributed by atoms with Crippen molar-refractivity contribution in [1.82, 2.24) is 9.78 Å². The Morgan fingerprint density at radius 1 is 1.19 bits per heavy atom. The average molecular weight is 246 g/mol. The van der Waals surface area contributed by atoms with Crippen molar-refractivity contribution in [3.8, 4) is 5.69 Å². The minimum atomic E-state index is -4.54. The molecule has 2 aromatic rings. The lowest BCUT2D eigenvalue weighted by Crippen LogP contribution is -2.07. The zero-order chi connectivity index (χ0) is 11.8. The van der Waals surface area contributed by atoms with Gasteiger partial charge in [0.2, 0.25) is 0 Å². The highest BCUT2D eigenvalue weighted by molar-refractivity contribution is 6.29. The molecule has 0 saturated heterocycles. The van der Waals surface area contributed by atoms with Crippen LogP contribution in [-0.4, -0.2) is 9.78 Å². The first-order valence-corrected chi connectivity index (χ1v) is 4.67. The molecule has 0 unspecified atom stereocenters. The number of hydrogen-bond acceptors (Lipinski definition) is 1. The molecule has 83 valence electrons. The quantitative estimate of drug-likeness (QED) is 0.753. The van der Waals surface area contributed by atoms with Crippen LogP contribution in [-0.2, 0) is 6.18 Å². The molecular formula is C10H5ClF3N2. The van der Waals surface area contributed by atoms with Crippen LogP contribution in [0.25, 0.3) is 5.69 Å². The van der Waals surface area contributed by atoms with E-state index < -0.39 is 11.9 Å². The van der Waals surface area contributed by atoms with Crippen LogP contribution in [0.5, 0.6) is 0 Å². The minimum Gasteiger partial charge on any atom is -0.221 e. The van der Waals surface area contributed by atoms with E-state index in [9.17, 15) is 13.2 Å². The number of para-hydroxylation sites is 1. The van der Waals surface area contributed by atoms with Crippen molar-refractivity contribution < 1.29 is 13.2 Å². The maximum absolute atomic E-state index is 12.3. The predicted octanol–water partition coefficient (Wildman–Crippen LogP) is 3.34. The smallest absolute Gasteiger partial charge is 0.221 e. The van der Waals surface area contributed by atoms with E-state index in [0.29, 0.717) is 5.69 Å². The molecule has 1 aromatic carbocycles. The van der Waals surface area contributed by atoms with Crippen molar-refractivity contribution in [1.29, 1.82) is 0 Å². The number of halogens is 4. The summed E-state index contributed by atoms with van der Waals surface area (Å²) in [5, 5.41) is 3.16. The second-order valence-electron chi connectivity index (χ2n) is 3.01. The van der Waals surface area contributed by atoms with Gasteiger partial charge in [0, 0.05) is 0 Å². The lowest BCUT2D eigenvalue weighted by atomic mass is 10.3. The molecule has 0 aliphatic carbocycles.